The van der Waals surface area contributed by atoms with Crippen molar-refractivity contribution in [3.05, 3.63) is 40.3 Å². The maximum atomic E-state index is 9.01. The van der Waals surface area contributed by atoms with Gasteiger partial charge in [-0.3, -0.25) is 0 Å². The van der Waals surface area contributed by atoms with Crippen molar-refractivity contribution in [2.45, 2.75) is 13.0 Å². The molecule has 0 aliphatic rings. The molecular formula is C10H13N3O2. The molecule has 0 spiro atoms. The molecule has 0 amide bonds. The first-order valence-corrected chi connectivity index (χ1v) is 4.71. The normalized spacial score (nSPS) is 9.40. The number of rotatable bonds is 6. The number of benzene rings is 1. The van der Waals surface area contributed by atoms with Crippen LogP contribution in [0.5, 0.6) is 5.75 Å². The van der Waals surface area contributed by atoms with Crippen LogP contribution in [0.3, 0.4) is 0 Å². The van der Waals surface area contributed by atoms with Gasteiger partial charge in [0.15, 0.2) is 0 Å². The Hall–Kier alpha value is -1.71. The molecular weight excluding hydrogens is 194 g/mol. The Bertz CT molecular complexity index is 348. The largest absolute Gasteiger partial charge is 0.493 e. The molecule has 15 heavy (non-hydrogen) atoms. The van der Waals surface area contributed by atoms with Crippen LogP contribution >= 0.6 is 0 Å². The Morgan fingerprint density at radius 3 is 2.93 bits per heavy atom. The number of azide groups is 1. The van der Waals surface area contributed by atoms with E-state index in [0.717, 1.165) is 5.56 Å². The van der Waals surface area contributed by atoms with Gasteiger partial charge >= 0.3 is 0 Å². The lowest BCUT2D eigenvalue weighted by Crippen LogP contribution is -2.01. The predicted octanol–water partition coefficient (Wildman–Crippen LogP) is 2.26. The molecule has 1 N–H and O–H groups in total. The van der Waals surface area contributed by atoms with Crippen LogP contribution in [0, 0.1) is 0 Å². The number of para-hydroxylation sites is 1. The molecule has 0 heterocycles. The first-order valence-electron chi connectivity index (χ1n) is 4.71. The van der Waals surface area contributed by atoms with Gasteiger partial charge in [0.2, 0.25) is 0 Å². The second-order valence-electron chi connectivity index (χ2n) is 2.92. The van der Waals surface area contributed by atoms with E-state index < -0.39 is 0 Å². The molecule has 0 aliphatic heterocycles. The fourth-order valence-corrected chi connectivity index (χ4v) is 1.14. The highest BCUT2D eigenvalue weighted by Crippen LogP contribution is 2.17. The highest BCUT2D eigenvalue weighted by Gasteiger charge is 2.00. The minimum absolute atomic E-state index is 0.0352. The van der Waals surface area contributed by atoms with Crippen LogP contribution < -0.4 is 4.74 Å². The van der Waals surface area contributed by atoms with Crippen LogP contribution in [0.25, 0.3) is 10.4 Å². The van der Waals surface area contributed by atoms with Crippen molar-refractivity contribution < 1.29 is 9.84 Å². The van der Waals surface area contributed by atoms with Gasteiger partial charge in [0.1, 0.15) is 5.75 Å². The summed E-state index contributed by atoms with van der Waals surface area (Å²) in [7, 11) is 0. The summed E-state index contributed by atoms with van der Waals surface area (Å²) >= 11 is 0. The van der Waals surface area contributed by atoms with Crippen LogP contribution in [-0.2, 0) is 6.61 Å². The molecule has 0 fully saturated rings. The molecule has 5 nitrogen and oxygen atoms in total. The Labute approximate surface area is 87.9 Å². The summed E-state index contributed by atoms with van der Waals surface area (Å²) in [6.07, 6.45) is 0.670. The summed E-state index contributed by atoms with van der Waals surface area (Å²) in [6, 6.07) is 7.31. The van der Waals surface area contributed by atoms with Crippen molar-refractivity contribution in [1.82, 2.24) is 0 Å². The van der Waals surface area contributed by atoms with E-state index in [9.17, 15) is 0 Å². The zero-order valence-corrected chi connectivity index (χ0v) is 8.33. The minimum atomic E-state index is -0.0352. The topological polar surface area (TPSA) is 78.2 Å². The minimum Gasteiger partial charge on any atom is -0.493 e. The van der Waals surface area contributed by atoms with E-state index in [0.29, 0.717) is 25.3 Å². The third kappa shape index (κ3) is 3.89. The van der Waals surface area contributed by atoms with Gasteiger partial charge in [0, 0.05) is 17.0 Å². The fraction of sp³-hybridized carbons (Fsp3) is 0.400. The molecule has 0 bridgehead atoms. The molecule has 1 aromatic rings. The third-order valence-electron chi connectivity index (χ3n) is 1.87. The highest BCUT2D eigenvalue weighted by atomic mass is 16.5. The molecule has 1 aromatic carbocycles. The van der Waals surface area contributed by atoms with Gasteiger partial charge in [-0.25, -0.2) is 0 Å². The van der Waals surface area contributed by atoms with Crippen LogP contribution in [0.2, 0.25) is 0 Å². The van der Waals surface area contributed by atoms with E-state index in [1.54, 1.807) is 6.07 Å². The Morgan fingerprint density at radius 2 is 2.20 bits per heavy atom. The van der Waals surface area contributed by atoms with Crippen molar-refractivity contribution in [1.29, 1.82) is 0 Å². The van der Waals surface area contributed by atoms with Crippen molar-refractivity contribution in [2.24, 2.45) is 5.11 Å². The van der Waals surface area contributed by atoms with Gasteiger partial charge in [-0.05, 0) is 18.0 Å². The van der Waals surface area contributed by atoms with Crippen LogP contribution in [0.1, 0.15) is 12.0 Å². The number of aliphatic hydroxyl groups excluding tert-OH is 1. The zero-order chi connectivity index (χ0) is 10.9. The molecule has 0 atom stereocenters. The van der Waals surface area contributed by atoms with Gasteiger partial charge < -0.3 is 9.84 Å². The van der Waals surface area contributed by atoms with Crippen LogP contribution in [0.15, 0.2) is 29.4 Å². The smallest absolute Gasteiger partial charge is 0.124 e. The standard InChI is InChI=1S/C10H13N3O2/c11-13-12-6-3-7-15-10-5-2-1-4-9(10)8-14/h1-2,4-5,14H,3,6-8H2. The number of hydrogen-bond acceptors (Lipinski definition) is 3. The van der Waals surface area contributed by atoms with Gasteiger partial charge in [-0.1, -0.05) is 23.3 Å². The van der Waals surface area contributed by atoms with Crippen molar-refractivity contribution in [2.75, 3.05) is 13.2 Å². The first kappa shape index (κ1) is 11.4. The van der Waals surface area contributed by atoms with E-state index in [-0.39, 0.29) is 6.61 Å². The number of aliphatic hydroxyl groups is 1. The first-order chi connectivity index (χ1) is 7.38. The SMILES string of the molecule is [N-]=[N+]=NCCCOc1ccccc1CO. The molecule has 0 unspecified atom stereocenters. The monoisotopic (exact) mass is 207 g/mol. The quantitative estimate of drug-likeness (QED) is 0.336. The van der Waals surface area contributed by atoms with Gasteiger partial charge in [0.05, 0.1) is 13.2 Å². The van der Waals surface area contributed by atoms with Crippen LogP contribution in [0.4, 0.5) is 0 Å². The van der Waals surface area contributed by atoms with E-state index >= 15 is 0 Å². The van der Waals surface area contributed by atoms with Crippen molar-refractivity contribution in [3.63, 3.8) is 0 Å². The summed E-state index contributed by atoms with van der Waals surface area (Å²) in [5, 5.41) is 12.4. The highest BCUT2D eigenvalue weighted by molar-refractivity contribution is 5.32. The van der Waals surface area contributed by atoms with E-state index in [1.807, 2.05) is 18.2 Å². The Balaban J connectivity index is 2.39. The van der Waals surface area contributed by atoms with Crippen molar-refractivity contribution in [3.8, 4) is 5.75 Å². The summed E-state index contributed by atoms with van der Waals surface area (Å²) in [5.41, 5.74) is 8.81. The lowest BCUT2D eigenvalue weighted by atomic mass is 10.2. The number of hydrogen-bond donors (Lipinski definition) is 1. The number of nitrogens with zero attached hydrogens (tertiary/aromatic N) is 3. The molecule has 5 heteroatoms. The predicted molar refractivity (Wildman–Crippen MR) is 56.5 cm³/mol. The molecule has 0 saturated carbocycles. The van der Waals surface area contributed by atoms with Gasteiger partial charge in [-0.15, -0.1) is 0 Å². The molecule has 0 aliphatic carbocycles. The van der Waals surface area contributed by atoms with E-state index in [4.69, 9.17) is 15.4 Å². The Kier molecular flexibility index (Phi) is 5.08. The van der Waals surface area contributed by atoms with E-state index in [2.05, 4.69) is 10.0 Å². The molecule has 80 valence electrons. The lowest BCUT2D eigenvalue weighted by molar-refractivity contribution is 0.262. The fourth-order valence-electron chi connectivity index (χ4n) is 1.14. The molecule has 0 aromatic heterocycles. The average molecular weight is 207 g/mol. The third-order valence-corrected chi connectivity index (χ3v) is 1.87. The van der Waals surface area contributed by atoms with Gasteiger partial charge in [0.25, 0.3) is 0 Å². The van der Waals surface area contributed by atoms with Gasteiger partial charge in [-0.2, -0.15) is 0 Å². The van der Waals surface area contributed by atoms with E-state index in [1.165, 1.54) is 0 Å². The van der Waals surface area contributed by atoms with Crippen molar-refractivity contribution >= 4 is 0 Å². The van der Waals surface area contributed by atoms with Crippen LogP contribution in [-0.4, -0.2) is 18.3 Å². The molecule has 0 radical (unpaired) electrons. The molecule has 0 saturated heterocycles. The zero-order valence-electron chi connectivity index (χ0n) is 8.33. The summed E-state index contributed by atoms with van der Waals surface area (Å²) in [5.74, 6) is 0.681. The average Bonchev–Trinajstić information content (AvgIpc) is 2.29. The number of ether oxygens (including phenoxy) is 1. The summed E-state index contributed by atoms with van der Waals surface area (Å²) in [6.45, 7) is 0.875. The Morgan fingerprint density at radius 1 is 1.40 bits per heavy atom. The molecule has 1 rings (SSSR count). The second kappa shape index (κ2) is 6.70. The second-order valence-corrected chi connectivity index (χ2v) is 2.92. The maximum absolute atomic E-state index is 9.01. The maximum Gasteiger partial charge on any atom is 0.124 e. The summed E-state index contributed by atoms with van der Waals surface area (Å²) in [4.78, 5) is 2.64. The lowest BCUT2D eigenvalue weighted by Gasteiger charge is -2.08. The summed E-state index contributed by atoms with van der Waals surface area (Å²) < 4.78 is 5.43.